The third-order valence-electron chi connectivity index (χ3n) is 4.64. The summed E-state index contributed by atoms with van der Waals surface area (Å²) in [6.07, 6.45) is 2.16. The second-order valence-corrected chi connectivity index (χ2v) is 7.41. The average molecular weight is 436 g/mol. The van der Waals surface area contributed by atoms with Crippen molar-refractivity contribution in [1.82, 2.24) is 16.2 Å². The van der Waals surface area contributed by atoms with Gasteiger partial charge in [0.15, 0.2) is 5.11 Å². The summed E-state index contributed by atoms with van der Waals surface area (Å²) >= 11 is 5.12. The zero-order valence-electron chi connectivity index (χ0n) is 17.3. The number of benzene rings is 3. The van der Waals surface area contributed by atoms with Crippen LogP contribution >= 0.6 is 12.2 Å². The molecule has 0 aliphatic carbocycles. The predicted octanol–water partition coefficient (Wildman–Crippen LogP) is 3.90. The van der Waals surface area contributed by atoms with Crippen LogP contribution in [0, 0.1) is 0 Å². The fourth-order valence-electron chi connectivity index (χ4n) is 3.06. The molecule has 7 heteroatoms. The van der Waals surface area contributed by atoms with Crippen molar-refractivity contribution in [3.8, 4) is 5.75 Å². The highest BCUT2D eigenvalue weighted by Gasteiger charge is 2.11. The van der Waals surface area contributed by atoms with E-state index in [0.717, 1.165) is 29.2 Å². The molecule has 0 heterocycles. The molecule has 0 atom stereocenters. The number of nitrogens with one attached hydrogen (secondary N) is 3. The fraction of sp³-hybridized carbons (Fsp3) is 0.208. The summed E-state index contributed by atoms with van der Waals surface area (Å²) in [6.45, 7) is 2.69. The van der Waals surface area contributed by atoms with Gasteiger partial charge in [-0.25, -0.2) is 0 Å². The predicted molar refractivity (Wildman–Crippen MR) is 126 cm³/mol. The number of hydrogen-bond acceptors (Lipinski definition) is 4. The van der Waals surface area contributed by atoms with Crippen molar-refractivity contribution in [3.63, 3.8) is 0 Å². The van der Waals surface area contributed by atoms with Gasteiger partial charge in [0.25, 0.3) is 5.91 Å². The van der Waals surface area contributed by atoms with Crippen LogP contribution in [-0.2, 0) is 11.2 Å². The quantitative estimate of drug-likeness (QED) is 0.298. The molecule has 3 aromatic carbocycles. The molecule has 3 aromatic rings. The van der Waals surface area contributed by atoms with Crippen molar-refractivity contribution in [1.29, 1.82) is 0 Å². The molecule has 160 valence electrons. The Morgan fingerprint density at radius 1 is 0.968 bits per heavy atom. The van der Waals surface area contributed by atoms with E-state index in [4.69, 9.17) is 17.0 Å². The van der Waals surface area contributed by atoms with Crippen molar-refractivity contribution >= 4 is 39.9 Å². The number of hydrazine groups is 1. The summed E-state index contributed by atoms with van der Waals surface area (Å²) in [4.78, 5) is 24.7. The largest absolute Gasteiger partial charge is 0.494 e. The van der Waals surface area contributed by atoms with E-state index < -0.39 is 0 Å². The third-order valence-corrected chi connectivity index (χ3v) is 4.84. The molecular weight excluding hydrogens is 410 g/mol. The van der Waals surface area contributed by atoms with Crippen molar-refractivity contribution in [3.05, 3.63) is 77.9 Å². The molecule has 2 amide bonds. The highest BCUT2D eigenvalue weighted by molar-refractivity contribution is 7.80. The molecule has 0 aliphatic rings. The second-order valence-electron chi connectivity index (χ2n) is 7.00. The molecule has 0 saturated carbocycles. The molecule has 0 bridgehead atoms. The van der Waals surface area contributed by atoms with Gasteiger partial charge in [-0.05, 0) is 53.2 Å². The number of carbonyl (C=O) groups excluding carboxylic acids is 2. The third kappa shape index (κ3) is 6.52. The molecule has 0 saturated heterocycles. The van der Waals surface area contributed by atoms with Crippen molar-refractivity contribution < 1.29 is 14.3 Å². The zero-order valence-corrected chi connectivity index (χ0v) is 18.1. The van der Waals surface area contributed by atoms with E-state index in [0.29, 0.717) is 17.9 Å². The van der Waals surface area contributed by atoms with Gasteiger partial charge in [-0.15, -0.1) is 0 Å². The average Bonchev–Trinajstić information content (AvgIpc) is 2.78. The molecule has 0 aromatic heterocycles. The number of ether oxygens (including phenoxy) is 1. The molecule has 0 spiro atoms. The Kier molecular flexibility index (Phi) is 7.95. The van der Waals surface area contributed by atoms with Crippen LogP contribution in [-0.4, -0.2) is 23.5 Å². The molecule has 6 nitrogen and oxygen atoms in total. The monoisotopic (exact) mass is 435 g/mol. The summed E-state index contributed by atoms with van der Waals surface area (Å²) < 4.78 is 5.62. The molecule has 3 rings (SSSR count). The lowest BCUT2D eigenvalue weighted by atomic mass is 10.0. The number of rotatable bonds is 7. The van der Waals surface area contributed by atoms with Gasteiger partial charge in [0.1, 0.15) is 5.75 Å². The van der Waals surface area contributed by atoms with Gasteiger partial charge in [-0.3, -0.25) is 25.8 Å². The lowest BCUT2D eigenvalue weighted by molar-refractivity contribution is -0.121. The highest BCUT2D eigenvalue weighted by Crippen LogP contribution is 2.18. The number of hydrogen-bond donors (Lipinski definition) is 3. The minimum atomic E-state index is -0.387. The standard InChI is InChI=1S/C24H25N3O3S/c1-2-3-14-30-20-12-7-11-19(15-20)23(29)25-24(31)27-26-22(28)16-18-10-6-9-17-8-4-5-13-21(17)18/h4-13,15H,2-3,14,16H2,1H3,(H,26,28)(H2,25,27,29,31). The normalized spacial score (nSPS) is 10.4. The van der Waals surface area contributed by atoms with Crippen LogP contribution in [0.15, 0.2) is 66.7 Å². The minimum Gasteiger partial charge on any atom is -0.494 e. The van der Waals surface area contributed by atoms with Crippen molar-refractivity contribution in [2.24, 2.45) is 0 Å². The first kappa shape index (κ1) is 22.2. The maximum Gasteiger partial charge on any atom is 0.257 e. The van der Waals surface area contributed by atoms with E-state index in [1.165, 1.54) is 0 Å². The van der Waals surface area contributed by atoms with Crippen LogP contribution in [0.3, 0.4) is 0 Å². The maximum atomic E-state index is 12.4. The fourth-order valence-corrected chi connectivity index (χ4v) is 3.20. The minimum absolute atomic E-state index is 0.00794. The van der Waals surface area contributed by atoms with Crippen molar-refractivity contribution in [2.45, 2.75) is 26.2 Å². The Bertz CT molecular complexity index is 1080. The Morgan fingerprint density at radius 3 is 2.58 bits per heavy atom. The molecule has 0 fully saturated rings. The highest BCUT2D eigenvalue weighted by atomic mass is 32.1. The van der Waals surface area contributed by atoms with Gasteiger partial charge in [0, 0.05) is 5.56 Å². The first-order chi connectivity index (χ1) is 15.1. The summed E-state index contributed by atoms with van der Waals surface area (Å²) in [5.41, 5.74) is 6.43. The van der Waals surface area contributed by atoms with Crippen LogP contribution in [0.2, 0.25) is 0 Å². The molecule has 0 aliphatic heterocycles. The second kappa shape index (κ2) is 11.1. The van der Waals surface area contributed by atoms with Crippen LogP contribution < -0.4 is 20.9 Å². The summed E-state index contributed by atoms with van der Waals surface area (Å²) in [7, 11) is 0. The number of thiocarbonyl (C=S) groups is 1. The van der Waals surface area contributed by atoms with Gasteiger partial charge >= 0.3 is 0 Å². The molecule has 3 N–H and O–H groups in total. The summed E-state index contributed by atoms with van der Waals surface area (Å²) in [6, 6.07) is 20.6. The van der Waals surface area contributed by atoms with E-state index >= 15 is 0 Å². The van der Waals surface area contributed by atoms with E-state index in [9.17, 15) is 9.59 Å². The lowest BCUT2D eigenvalue weighted by Crippen LogP contribution is -2.48. The first-order valence-electron chi connectivity index (χ1n) is 10.2. The van der Waals surface area contributed by atoms with E-state index in [-0.39, 0.29) is 23.3 Å². The Balaban J connectivity index is 1.50. The van der Waals surface area contributed by atoms with Gasteiger partial charge in [-0.2, -0.15) is 0 Å². The summed E-state index contributed by atoms with van der Waals surface area (Å²) in [5, 5.41) is 4.66. The van der Waals surface area contributed by atoms with E-state index in [2.05, 4.69) is 23.1 Å². The maximum absolute atomic E-state index is 12.4. The van der Waals surface area contributed by atoms with Crippen LogP contribution in [0.25, 0.3) is 10.8 Å². The van der Waals surface area contributed by atoms with Crippen LogP contribution in [0.4, 0.5) is 0 Å². The smallest absolute Gasteiger partial charge is 0.257 e. The molecule has 31 heavy (non-hydrogen) atoms. The number of carbonyl (C=O) groups is 2. The first-order valence-corrected chi connectivity index (χ1v) is 10.6. The van der Waals surface area contributed by atoms with Gasteiger partial charge in [0.2, 0.25) is 5.91 Å². The number of unbranched alkanes of at least 4 members (excludes halogenated alkanes) is 1. The lowest BCUT2D eigenvalue weighted by Gasteiger charge is -2.12. The number of fused-ring (bicyclic) bond motifs is 1. The number of amides is 2. The van der Waals surface area contributed by atoms with E-state index in [1.807, 2.05) is 42.5 Å². The molecule has 0 unspecified atom stereocenters. The molecule has 0 radical (unpaired) electrons. The zero-order chi connectivity index (χ0) is 22.1. The van der Waals surface area contributed by atoms with Crippen LogP contribution in [0.5, 0.6) is 5.75 Å². The molecular formula is C24H25N3O3S. The summed E-state index contributed by atoms with van der Waals surface area (Å²) in [5.74, 6) is -0.0237. The van der Waals surface area contributed by atoms with Gasteiger partial charge in [-0.1, -0.05) is 61.9 Å². The Hall–Kier alpha value is -3.45. The van der Waals surface area contributed by atoms with Crippen molar-refractivity contribution in [2.75, 3.05) is 6.61 Å². The SMILES string of the molecule is CCCCOc1cccc(C(=O)NC(=S)NNC(=O)Cc2cccc3ccccc23)c1. The van der Waals surface area contributed by atoms with Gasteiger partial charge < -0.3 is 4.74 Å². The van der Waals surface area contributed by atoms with Gasteiger partial charge in [0.05, 0.1) is 13.0 Å². The van der Waals surface area contributed by atoms with Crippen LogP contribution in [0.1, 0.15) is 35.7 Å². The Morgan fingerprint density at radius 2 is 1.74 bits per heavy atom. The van der Waals surface area contributed by atoms with E-state index in [1.54, 1.807) is 24.3 Å². The topological polar surface area (TPSA) is 79.5 Å². The Labute approximate surface area is 187 Å².